The van der Waals surface area contributed by atoms with Crippen molar-refractivity contribution >= 4 is 6.08 Å². The molecule has 0 aliphatic carbocycles. The van der Waals surface area contributed by atoms with Crippen LogP contribution < -0.4 is 0 Å². The third-order valence-electron chi connectivity index (χ3n) is 4.99. The van der Waals surface area contributed by atoms with E-state index in [1.54, 1.807) is 0 Å². The highest BCUT2D eigenvalue weighted by molar-refractivity contribution is 5.49. The second kappa shape index (κ2) is 4.46. The van der Waals surface area contributed by atoms with E-state index in [9.17, 15) is 0 Å². The Bertz CT molecular complexity index is 481. The third kappa shape index (κ3) is 1.94. The molecule has 0 radical (unpaired) electrons. The smallest absolute Gasteiger partial charge is 0.0815 e. The lowest BCUT2D eigenvalue weighted by Gasteiger charge is -2.41. The summed E-state index contributed by atoms with van der Waals surface area (Å²) >= 11 is 0. The standard InChI is InChI=1S/C17H20O2/c1-2-4-13(5-3-1)6-7-16-15-12-14-8-9-17(15,19-14)10-11-18-16/h1-7,14-16H,8-12H2/b7-6+/t14-,15+,16+,17-/m0/s1. The van der Waals surface area contributed by atoms with Gasteiger partial charge in [-0.25, -0.2) is 0 Å². The zero-order valence-corrected chi connectivity index (χ0v) is 11.1. The largest absolute Gasteiger partial charge is 0.374 e. The summed E-state index contributed by atoms with van der Waals surface area (Å²) in [6, 6.07) is 10.5. The predicted octanol–water partition coefficient (Wildman–Crippen LogP) is 3.43. The third-order valence-corrected chi connectivity index (χ3v) is 4.99. The molecule has 1 spiro atoms. The fourth-order valence-electron chi connectivity index (χ4n) is 4.04. The van der Waals surface area contributed by atoms with E-state index < -0.39 is 0 Å². The van der Waals surface area contributed by atoms with Crippen molar-refractivity contribution in [3.8, 4) is 0 Å². The van der Waals surface area contributed by atoms with Crippen molar-refractivity contribution < 1.29 is 9.47 Å². The van der Waals surface area contributed by atoms with Gasteiger partial charge in [-0.3, -0.25) is 0 Å². The highest BCUT2D eigenvalue weighted by Gasteiger charge is 2.57. The van der Waals surface area contributed by atoms with Crippen LogP contribution in [0.1, 0.15) is 31.2 Å². The first-order valence-corrected chi connectivity index (χ1v) is 7.38. The SMILES string of the molecule is C(=C\[C@H]1OCC[C@@]23CC[C@@H](C[C@H]12)O3)/c1ccccc1. The fourth-order valence-corrected chi connectivity index (χ4v) is 4.04. The molecule has 3 aliphatic heterocycles. The van der Waals surface area contributed by atoms with Gasteiger partial charge in [0, 0.05) is 12.3 Å². The van der Waals surface area contributed by atoms with E-state index >= 15 is 0 Å². The molecule has 4 atom stereocenters. The molecule has 1 aromatic carbocycles. The maximum atomic E-state index is 6.23. The molecule has 3 aliphatic rings. The average Bonchev–Trinajstić information content (AvgIpc) is 3.03. The molecule has 3 saturated heterocycles. The Morgan fingerprint density at radius 2 is 2.05 bits per heavy atom. The first kappa shape index (κ1) is 11.7. The molecule has 4 rings (SSSR count). The zero-order valence-electron chi connectivity index (χ0n) is 11.1. The molecule has 3 heterocycles. The Labute approximate surface area is 114 Å². The van der Waals surface area contributed by atoms with Crippen LogP contribution in [0.2, 0.25) is 0 Å². The van der Waals surface area contributed by atoms with E-state index in [1.165, 1.54) is 24.8 Å². The van der Waals surface area contributed by atoms with Gasteiger partial charge < -0.3 is 9.47 Å². The van der Waals surface area contributed by atoms with Crippen LogP contribution in [0.5, 0.6) is 0 Å². The summed E-state index contributed by atoms with van der Waals surface area (Å²) in [6.45, 7) is 0.840. The lowest BCUT2D eigenvalue weighted by molar-refractivity contribution is -0.111. The van der Waals surface area contributed by atoms with Crippen molar-refractivity contribution in [2.45, 2.75) is 43.5 Å². The summed E-state index contributed by atoms with van der Waals surface area (Å²) in [5.74, 6) is 0.569. The topological polar surface area (TPSA) is 18.5 Å². The van der Waals surface area contributed by atoms with Crippen molar-refractivity contribution in [1.82, 2.24) is 0 Å². The first-order chi connectivity index (χ1) is 9.36. The molecule has 19 heavy (non-hydrogen) atoms. The Kier molecular flexibility index (Phi) is 2.75. The maximum absolute atomic E-state index is 6.23. The molecule has 0 saturated carbocycles. The van der Waals surface area contributed by atoms with Gasteiger partial charge in [0.15, 0.2) is 0 Å². The molecule has 0 amide bonds. The van der Waals surface area contributed by atoms with Crippen LogP contribution in [0.3, 0.4) is 0 Å². The normalized spacial score (nSPS) is 40.7. The van der Waals surface area contributed by atoms with Crippen LogP contribution in [0.4, 0.5) is 0 Å². The van der Waals surface area contributed by atoms with Gasteiger partial charge in [0.2, 0.25) is 0 Å². The van der Waals surface area contributed by atoms with Gasteiger partial charge in [-0.15, -0.1) is 0 Å². The lowest BCUT2D eigenvalue weighted by atomic mass is 9.72. The Morgan fingerprint density at radius 1 is 1.16 bits per heavy atom. The van der Waals surface area contributed by atoms with Crippen LogP contribution in [0, 0.1) is 5.92 Å². The molecule has 100 valence electrons. The number of hydrogen-bond donors (Lipinski definition) is 0. The van der Waals surface area contributed by atoms with E-state index in [-0.39, 0.29) is 11.7 Å². The number of ether oxygens (including phenoxy) is 2. The predicted molar refractivity (Wildman–Crippen MR) is 74.8 cm³/mol. The van der Waals surface area contributed by atoms with Crippen LogP contribution >= 0.6 is 0 Å². The molecule has 2 bridgehead atoms. The van der Waals surface area contributed by atoms with Crippen molar-refractivity contribution in [3.63, 3.8) is 0 Å². The van der Waals surface area contributed by atoms with Gasteiger partial charge in [0.05, 0.1) is 24.4 Å². The summed E-state index contributed by atoms with van der Waals surface area (Å²) in [4.78, 5) is 0. The van der Waals surface area contributed by atoms with E-state index in [0.29, 0.717) is 12.0 Å². The Hall–Kier alpha value is -1.12. The molecule has 2 heteroatoms. The van der Waals surface area contributed by atoms with E-state index in [0.717, 1.165) is 13.0 Å². The van der Waals surface area contributed by atoms with Crippen LogP contribution in [-0.2, 0) is 9.47 Å². The van der Waals surface area contributed by atoms with E-state index in [1.807, 2.05) is 6.07 Å². The fraction of sp³-hybridized carbons (Fsp3) is 0.529. The molecule has 3 fully saturated rings. The molecule has 0 unspecified atom stereocenters. The van der Waals surface area contributed by atoms with Gasteiger partial charge in [-0.2, -0.15) is 0 Å². The van der Waals surface area contributed by atoms with Gasteiger partial charge in [0.25, 0.3) is 0 Å². The number of fused-ring (bicyclic) bond motifs is 1. The highest BCUT2D eigenvalue weighted by atomic mass is 16.5. The maximum Gasteiger partial charge on any atom is 0.0815 e. The summed E-state index contributed by atoms with van der Waals surface area (Å²) in [7, 11) is 0. The number of rotatable bonds is 2. The minimum absolute atomic E-state index is 0.147. The molecular weight excluding hydrogens is 236 g/mol. The quantitative estimate of drug-likeness (QED) is 0.807. The van der Waals surface area contributed by atoms with Crippen molar-refractivity contribution in [2.24, 2.45) is 5.92 Å². The molecule has 1 aromatic rings. The van der Waals surface area contributed by atoms with Gasteiger partial charge >= 0.3 is 0 Å². The van der Waals surface area contributed by atoms with Crippen molar-refractivity contribution in [1.29, 1.82) is 0 Å². The summed E-state index contributed by atoms with van der Waals surface area (Å²) in [5.41, 5.74) is 1.39. The monoisotopic (exact) mass is 256 g/mol. The Morgan fingerprint density at radius 3 is 2.89 bits per heavy atom. The molecular formula is C17H20O2. The second-order valence-electron chi connectivity index (χ2n) is 6.04. The van der Waals surface area contributed by atoms with Crippen LogP contribution in [0.25, 0.3) is 6.08 Å². The number of benzene rings is 1. The van der Waals surface area contributed by atoms with Crippen LogP contribution in [-0.4, -0.2) is 24.4 Å². The minimum Gasteiger partial charge on any atom is -0.374 e. The van der Waals surface area contributed by atoms with Gasteiger partial charge in [-0.1, -0.05) is 42.5 Å². The van der Waals surface area contributed by atoms with Gasteiger partial charge in [0.1, 0.15) is 0 Å². The second-order valence-corrected chi connectivity index (χ2v) is 6.04. The average molecular weight is 256 g/mol. The van der Waals surface area contributed by atoms with Crippen LogP contribution in [0.15, 0.2) is 36.4 Å². The highest BCUT2D eigenvalue weighted by Crippen LogP contribution is 2.53. The van der Waals surface area contributed by atoms with E-state index in [2.05, 4.69) is 36.4 Å². The van der Waals surface area contributed by atoms with Crippen molar-refractivity contribution in [2.75, 3.05) is 6.61 Å². The first-order valence-electron chi connectivity index (χ1n) is 7.38. The lowest BCUT2D eigenvalue weighted by Crippen LogP contribution is -2.46. The molecule has 0 aromatic heterocycles. The summed E-state index contributed by atoms with van der Waals surface area (Å²) in [6.07, 6.45) is 9.93. The number of hydrogen-bond acceptors (Lipinski definition) is 2. The van der Waals surface area contributed by atoms with E-state index in [4.69, 9.17) is 9.47 Å². The summed E-state index contributed by atoms with van der Waals surface area (Å²) in [5, 5.41) is 0. The minimum atomic E-state index is 0.147. The Balaban J connectivity index is 1.54. The van der Waals surface area contributed by atoms with Crippen molar-refractivity contribution in [3.05, 3.63) is 42.0 Å². The molecule has 2 nitrogen and oxygen atoms in total. The zero-order chi connectivity index (χ0) is 12.7. The van der Waals surface area contributed by atoms with Gasteiger partial charge in [-0.05, 0) is 24.8 Å². The molecule has 0 N–H and O–H groups in total. The summed E-state index contributed by atoms with van der Waals surface area (Å²) < 4.78 is 12.2.